The molecule has 1 aromatic carbocycles. The van der Waals surface area contributed by atoms with Crippen LogP contribution in [0.5, 0.6) is 0 Å². The van der Waals surface area contributed by atoms with E-state index in [-0.39, 0.29) is 6.10 Å². The number of aliphatic hydroxyl groups is 1. The lowest BCUT2D eigenvalue weighted by molar-refractivity contribution is -0.0169. The summed E-state index contributed by atoms with van der Waals surface area (Å²) in [6, 6.07) is 9.18. The second-order valence-corrected chi connectivity index (χ2v) is 7.15. The van der Waals surface area contributed by atoms with Gasteiger partial charge >= 0.3 is 0 Å². The summed E-state index contributed by atoms with van der Waals surface area (Å²) in [6.07, 6.45) is 5.66. The number of fused-ring (bicyclic) bond motifs is 1. The Bertz CT molecular complexity index is 508. The summed E-state index contributed by atoms with van der Waals surface area (Å²) in [4.78, 5) is 2.52. The molecule has 0 aromatic heterocycles. The molecule has 134 valence electrons. The molecule has 2 aliphatic rings. The molecular formula is C20H32N2O2. The van der Waals surface area contributed by atoms with Gasteiger partial charge in [-0.3, -0.25) is 4.90 Å². The van der Waals surface area contributed by atoms with Crippen LogP contribution in [0, 0.1) is 0 Å². The van der Waals surface area contributed by atoms with Crippen molar-refractivity contribution < 1.29 is 9.84 Å². The monoisotopic (exact) mass is 332 g/mol. The molecule has 0 spiro atoms. The lowest BCUT2D eigenvalue weighted by Crippen LogP contribution is -2.41. The minimum atomic E-state index is -0.435. The highest BCUT2D eigenvalue weighted by molar-refractivity contribution is 5.31. The fourth-order valence-corrected chi connectivity index (χ4v) is 4.13. The van der Waals surface area contributed by atoms with Crippen LogP contribution in [0.3, 0.4) is 0 Å². The van der Waals surface area contributed by atoms with Crippen molar-refractivity contribution in [3.8, 4) is 0 Å². The molecule has 0 saturated carbocycles. The van der Waals surface area contributed by atoms with Gasteiger partial charge in [-0.15, -0.1) is 0 Å². The number of ether oxygens (including phenoxy) is 1. The quantitative estimate of drug-likeness (QED) is 0.768. The van der Waals surface area contributed by atoms with Crippen LogP contribution >= 0.6 is 0 Å². The third-order valence-electron chi connectivity index (χ3n) is 5.47. The van der Waals surface area contributed by atoms with E-state index in [1.54, 1.807) is 0 Å². The Hall–Kier alpha value is -0.940. The Morgan fingerprint density at radius 3 is 3.04 bits per heavy atom. The summed E-state index contributed by atoms with van der Waals surface area (Å²) in [5, 5.41) is 13.7. The summed E-state index contributed by atoms with van der Waals surface area (Å²) >= 11 is 0. The highest BCUT2D eigenvalue weighted by atomic mass is 16.5. The van der Waals surface area contributed by atoms with Gasteiger partial charge in [0.05, 0.1) is 18.8 Å². The zero-order valence-corrected chi connectivity index (χ0v) is 14.9. The molecule has 3 rings (SSSR count). The van der Waals surface area contributed by atoms with E-state index < -0.39 is 6.10 Å². The molecule has 1 aromatic rings. The molecule has 1 fully saturated rings. The first-order valence-electron chi connectivity index (χ1n) is 9.60. The second-order valence-electron chi connectivity index (χ2n) is 7.15. The predicted octanol–water partition coefficient (Wildman–Crippen LogP) is 2.52. The van der Waals surface area contributed by atoms with E-state index in [0.29, 0.717) is 19.2 Å². The van der Waals surface area contributed by atoms with Crippen LogP contribution < -0.4 is 5.32 Å². The predicted molar refractivity (Wildman–Crippen MR) is 97.2 cm³/mol. The van der Waals surface area contributed by atoms with Crippen LogP contribution in [0.4, 0.5) is 0 Å². The number of hydrogen-bond donors (Lipinski definition) is 2. The highest BCUT2D eigenvalue weighted by Gasteiger charge is 2.23. The van der Waals surface area contributed by atoms with Crippen LogP contribution in [0.2, 0.25) is 0 Å². The van der Waals surface area contributed by atoms with Crippen LogP contribution in [0.15, 0.2) is 24.3 Å². The van der Waals surface area contributed by atoms with Crippen molar-refractivity contribution in [3.05, 3.63) is 35.4 Å². The Morgan fingerprint density at radius 2 is 2.17 bits per heavy atom. The van der Waals surface area contributed by atoms with Crippen molar-refractivity contribution in [2.45, 2.75) is 57.3 Å². The van der Waals surface area contributed by atoms with Crippen molar-refractivity contribution >= 4 is 0 Å². The number of likely N-dealkylation sites (N-methyl/N-ethyl adjacent to an activating group) is 1. The SMILES string of the molecule is CCN1CCC[C@@H]1CNC[C@@H](O)CO[C@@H]1CCCc2ccccc21. The average Bonchev–Trinajstić information content (AvgIpc) is 3.07. The van der Waals surface area contributed by atoms with Crippen molar-refractivity contribution in [3.63, 3.8) is 0 Å². The van der Waals surface area contributed by atoms with Crippen LogP contribution in [-0.4, -0.2) is 54.9 Å². The molecule has 1 heterocycles. The first kappa shape index (κ1) is 17.9. The number of aryl methyl sites for hydroxylation is 1. The number of hydrogen-bond acceptors (Lipinski definition) is 4. The number of nitrogens with zero attached hydrogens (tertiary/aromatic N) is 1. The molecule has 1 aliphatic carbocycles. The minimum absolute atomic E-state index is 0.148. The largest absolute Gasteiger partial charge is 0.389 e. The van der Waals surface area contributed by atoms with Gasteiger partial charge in [0.1, 0.15) is 0 Å². The smallest absolute Gasteiger partial charge is 0.0897 e. The molecule has 4 nitrogen and oxygen atoms in total. The Labute approximate surface area is 146 Å². The van der Waals surface area contributed by atoms with Gasteiger partial charge in [-0.2, -0.15) is 0 Å². The van der Waals surface area contributed by atoms with E-state index >= 15 is 0 Å². The Kier molecular flexibility index (Phi) is 6.67. The molecule has 4 heteroatoms. The first-order chi connectivity index (χ1) is 11.8. The molecule has 24 heavy (non-hydrogen) atoms. The minimum Gasteiger partial charge on any atom is -0.389 e. The third-order valence-corrected chi connectivity index (χ3v) is 5.47. The fourth-order valence-electron chi connectivity index (χ4n) is 4.13. The van der Waals surface area contributed by atoms with Gasteiger partial charge in [0.25, 0.3) is 0 Å². The highest BCUT2D eigenvalue weighted by Crippen LogP contribution is 2.32. The van der Waals surface area contributed by atoms with Gasteiger partial charge in [0.2, 0.25) is 0 Å². The average molecular weight is 332 g/mol. The Morgan fingerprint density at radius 1 is 1.29 bits per heavy atom. The van der Waals surface area contributed by atoms with Gasteiger partial charge in [-0.1, -0.05) is 31.2 Å². The molecule has 0 amide bonds. The van der Waals surface area contributed by atoms with E-state index in [0.717, 1.165) is 25.9 Å². The first-order valence-corrected chi connectivity index (χ1v) is 9.60. The van der Waals surface area contributed by atoms with Gasteiger partial charge < -0.3 is 15.2 Å². The van der Waals surface area contributed by atoms with Gasteiger partial charge in [0.15, 0.2) is 0 Å². The summed E-state index contributed by atoms with van der Waals surface area (Å²) in [5.74, 6) is 0. The van der Waals surface area contributed by atoms with Crippen LogP contribution in [0.1, 0.15) is 49.8 Å². The summed E-state index contributed by atoms with van der Waals surface area (Å²) < 4.78 is 6.04. The normalized spacial score (nSPS) is 25.6. The Balaban J connectivity index is 1.38. The van der Waals surface area contributed by atoms with Crippen molar-refractivity contribution in [2.75, 3.05) is 32.8 Å². The standard InChI is InChI=1S/C20H32N2O2/c1-2-22-12-6-9-17(22)13-21-14-18(23)15-24-20-11-5-8-16-7-3-4-10-19(16)20/h3-4,7,10,17-18,20-21,23H,2,5-6,8-9,11-15H2,1H3/t17-,18-,20-/m1/s1. The number of benzene rings is 1. The number of rotatable bonds is 8. The maximum Gasteiger partial charge on any atom is 0.0897 e. The van der Waals surface area contributed by atoms with Crippen LogP contribution in [-0.2, 0) is 11.2 Å². The zero-order valence-electron chi connectivity index (χ0n) is 14.9. The van der Waals surface area contributed by atoms with Gasteiger partial charge in [0, 0.05) is 19.1 Å². The molecule has 1 aliphatic heterocycles. The van der Waals surface area contributed by atoms with E-state index in [1.807, 2.05) is 0 Å². The molecule has 1 saturated heterocycles. The summed E-state index contributed by atoms with van der Waals surface area (Å²) in [6.45, 7) is 6.56. The molecule has 0 bridgehead atoms. The number of aliphatic hydroxyl groups excluding tert-OH is 1. The lowest BCUT2D eigenvalue weighted by atomic mass is 9.89. The summed E-state index contributed by atoms with van der Waals surface area (Å²) in [7, 11) is 0. The van der Waals surface area contributed by atoms with Crippen molar-refractivity contribution in [1.29, 1.82) is 0 Å². The van der Waals surface area contributed by atoms with Crippen molar-refractivity contribution in [1.82, 2.24) is 10.2 Å². The molecule has 0 unspecified atom stereocenters. The number of nitrogens with one attached hydrogen (secondary N) is 1. The zero-order chi connectivity index (χ0) is 16.8. The molecule has 2 N–H and O–H groups in total. The van der Waals surface area contributed by atoms with E-state index in [2.05, 4.69) is 41.4 Å². The van der Waals surface area contributed by atoms with E-state index in [1.165, 1.54) is 36.9 Å². The van der Waals surface area contributed by atoms with E-state index in [9.17, 15) is 5.11 Å². The maximum atomic E-state index is 10.2. The van der Waals surface area contributed by atoms with Gasteiger partial charge in [-0.25, -0.2) is 0 Å². The molecule has 3 atom stereocenters. The molecular weight excluding hydrogens is 300 g/mol. The number of likely N-dealkylation sites (tertiary alicyclic amines) is 1. The maximum absolute atomic E-state index is 10.2. The summed E-state index contributed by atoms with van der Waals surface area (Å²) in [5.41, 5.74) is 2.72. The fraction of sp³-hybridized carbons (Fsp3) is 0.700. The lowest BCUT2D eigenvalue weighted by Gasteiger charge is -2.27. The van der Waals surface area contributed by atoms with Gasteiger partial charge in [-0.05, 0) is 56.3 Å². The van der Waals surface area contributed by atoms with E-state index in [4.69, 9.17) is 4.74 Å². The second kappa shape index (κ2) is 8.95. The van der Waals surface area contributed by atoms with Crippen LogP contribution in [0.25, 0.3) is 0 Å². The third kappa shape index (κ3) is 4.57. The topological polar surface area (TPSA) is 44.7 Å². The molecule has 0 radical (unpaired) electrons. The van der Waals surface area contributed by atoms with Crippen molar-refractivity contribution in [2.24, 2.45) is 0 Å².